The topological polar surface area (TPSA) is 47.6 Å². The molecule has 3 radical (unpaired) electrons. The van der Waals surface area contributed by atoms with E-state index < -0.39 is 13.9 Å². The number of carbonyl (C=O) groups is 1. The van der Waals surface area contributed by atoms with Crippen molar-refractivity contribution in [2.75, 3.05) is 0 Å². The number of allylic oxidation sites excluding steroid dienone is 3. The van der Waals surface area contributed by atoms with Crippen LogP contribution in [0.4, 0.5) is 0 Å². The van der Waals surface area contributed by atoms with Crippen molar-refractivity contribution in [3.63, 3.8) is 0 Å². The molecule has 1 aliphatic heterocycles. The van der Waals surface area contributed by atoms with Crippen LogP contribution < -0.4 is 6.15 Å². The molecule has 45 valence electrons. The Labute approximate surface area is 58.5 Å². The van der Waals surface area contributed by atoms with Gasteiger partial charge in [0.15, 0.2) is 0 Å². The molecule has 2 nitrogen and oxygen atoms in total. The minimum absolute atomic E-state index is 0. The molecule has 1 aliphatic rings. The third-order valence-corrected chi connectivity index (χ3v) is 3.93. The predicted molar refractivity (Wildman–Crippen MR) is 39.0 cm³/mol. The molecule has 0 amide bonds. The van der Waals surface area contributed by atoms with Crippen molar-refractivity contribution in [2.24, 2.45) is 0 Å². The standard InChI is InChI=1S/C6H6GeO.N/c8-6-7-4-2-1-3-5-7;/h1-6H;. The van der Waals surface area contributed by atoms with E-state index in [2.05, 4.69) is 0 Å². The number of hydrogen-bond acceptors (Lipinski definition) is 1. The maximum absolute atomic E-state index is 10.1. The van der Waals surface area contributed by atoms with Crippen molar-refractivity contribution in [1.82, 2.24) is 6.15 Å². The van der Waals surface area contributed by atoms with Gasteiger partial charge in [-0.25, -0.2) is 0 Å². The van der Waals surface area contributed by atoms with Gasteiger partial charge in [0.05, 0.1) is 0 Å². The van der Waals surface area contributed by atoms with Crippen molar-refractivity contribution < 1.29 is 4.79 Å². The molecule has 0 atom stereocenters. The Morgan fingerprint density at radius 1 is 1.22 bits per heavy atom. The van der Waals surface area contributed by atoms with Crippen LogP contribution in [0.25, 0.3) is 0 Å². The molecule has 0 bridgehead atoms. The molecule has 0 unspecified atom stereocenters. The summed E-state index contributed by atoms with van der Waals surface area (Å²) in [5, 5.41) is 1.08. The number of nitrogens with zero attached hydrogens (tertiary/aromatic N) is 1. The Bertz CT molecular complexity index is 181. The summed E-state index contributed by atoms with van der Waals surface area (Å²) in [5.41, 5.74) is 0. The third-order valence-electron chi connectivity index (χ3n) is 0.936. The first kappa shape index (κ1) is 8.52. The van der Waals surface area contributed by atoms with E-state index in [4.69, 9.17) is 0 Å². The van der Waals surface area contributed by atoms with E-state index in [0.717, 1.165) is 5.12 Å². The van der Waals surface area contributed by atoms with Crippen molar-refractivity contribution >= 4 is 23.9 Å². The van der Waals surface area contributed by atoms with Gasteiger partial charge in [0.25, 0.3) is 0 Å². The second kappa shape index (κ2) is 4.41. The van der Waals surface area contributed by atoms with Crippen LogP contribution in [0.1, 0.15) is 0 Å². The van der Waals surface area contributed by atoms with Gasteiger partial charge in [-0.1, -0.05) is 0 Å². The monoisotopic (exact) mass is 182 g/mol. The molecule has 0 aromatic heterocycles. The molecule has 1 heterocycles. The van der Waals surface area contributed by atoms with E-state index in [1.807, 2.05) is 28.0 Å². The molecule has 0 saturated carbocycles. The minimum atomic E-state index is -1.42. The fraction of sp³-hybridized carbons (Fsp3) is 0. The maximum Gasteiger partial charge on any atom is 0 e. The van der Waals surface area contributed by atoms with Gasteiger partial charge < -0.3 is 0 Å². The first-order valence-electron chi connectivity index (χ1n) is 2.44. The third kappa shape index (κ3) is 2.53. The molecule has 3 heteroatoms. The fourth-order valence-corrected chi connectivity index (χ4v) is 2.49. The van der Waals surface area contributed by atoms with Gasteiger partial charge >= 0.3 is 51.8 Å². The zero-order valence-electron chi connectivity index (χ0n) is 4.82. The van der Waals surface area contributed by atoms with Gasteiger partial charge in [-0.05, 0) is 0 Å². The van der Waals surface area contributed by atoms with E-state index in [1.54, 1.807) is 0 Å². The van der Waals surface area contributed by atoms with Crippen LogP contribution >= 0.6 is 0 Å². The van der Waals surface area contributed by atoms with E-state index in [0.29, 0.717) is 0 Å². The van der Waals surface area contributed by atoms with Crippen LogP contribution in [0.15, 0.2) is 23.1 Å². The summed E-state index contributed by atoms with van der Waals surface area (Å²) in [5.74, 6) is 0. The summed E-state index contributed by atoms with van der Waals surface area (Å²) < 4.78 is 0. The summed E-state index contributed by atoms with van der Waals surface area (Å²) in [6, 6.07) is 0. The predicted octanol–water partition coefficient (Wildman–Crippen LogP) is -0.178. The average molecular weight is 181 g/mol. The summed E-state index contributed by atoms with van der Waals surface area (Å²) in [4.78, 5) is 14.2. The van der Waals surface area contributed by atoms with Crippen molar-refractivity contribution in [1.29, 1.82) is 0 Å². The average Bonchev–Trinajstić information content (AvgIpc) is 1.90. The largest absolute Gasteiger partial charge is 0 e. The van der Waals surface area contributed by atoms with E-state index in [-0.39, 0.29) is 6.15 Å². The first-order valence-corrected chi connectivity index (χ1v) is 6.07. The Hall–Kier alpha value is -0.477. The number of hydrogen-bond donors (Lipinski definition) is 0. The second-order valence-corrected chi connectivity index (χ2v) is 5.52. The Kier molecular flexibility index (Phi) is 4.17. The Balaban J connectivity index is 0.000000640. The van der Waals surface area contributed by atoms with Gasteiger partial charge in [0, 0.05) is 6.15 Å². The fourth-order valence-electron chi connectivity index (χ4n) is 0.532. The summed E-state index contributed by atoms with van der Waals surface area (Å²) in [7, 11) is 0. The van der Waals surface area contributed by atoms with Crippen molar-refractivity contribution in [3.8, 4) is 0 Å². The molecule has 0 aromatic carbocycles. The van der Waals surface area contributed by atoms with Crippen LogP contribution in [0.3, 0.4) is 0 Å². The number of rotatable bonds is 1. The van der Waals surface area contributed by atoms with Crippen LogP contribution in [0, 0.1) is 0 Å². The van der Waals surface area contributed by atoms with E-state index in [9.17, 15) is 4.79 Å². The molecule has 9 heavy (non-hydrogen) atoms. The van der Waals surface area contributed by atoms with E-state index >= 15 is 0 Å². The Morgan fingerprint density at radius 3 is 2.33 bits per heavy atom. The molecule has 0 fully saturated rings. The summed E-state index contributed by atoms with van der Waals surface area (Å²) in [6.07, 6.45) is 5.84. The molecule has 0 aromatic rings. The first-order chi connectivity index (χ1) is 3.93. The molecule has 0 N–H and O–H groups in total. The van der Waals surface area contributed by atoms with Gasteiger partial charge in [-0.15, -0.1) is 0 Å². The molecule has 0 aliphatic carbocycles. The minimum Gasteiger partial charge on any atom is 0 e. The molecule has 1 rings (SSSR count). The Morgan fingerprint density at radius 2 is 2.00 bits per heavy atom. The summed E-state index contributed by atoms with van der Waals surface area (Å²) in [6.45, 7) is 0. The maximum atomic E-state index is 10.1. The van der Waals surface area contributed by atoms with Gasteiger partial charge in [0.1, 0.15) is 0 Å². The van der Waals surface area contributed by atoms with Crippen molar-refractivity contribution in [2.45, 2.75) is 0 Å². The molecule has 0 spiro atoms. The zero-order chi connectivity index (χ0) is 5.82. The van der Waals surface area contributed by atoms with Crippen LogP contribution in [0.2, 0.25) is 0 Å². The normalized spacial score (nSPS) is 14.0. The smallest absolute Gasteiger partial charge is 0 e. The van der Waals surface area contributed by atoms with Gasteiger partial charge in [-0.3, -0.25) is 0 Å². The molecular weight excluding hydrogens is 175 g/mol. The van der Waals surface area contributed by atoms with Gasteiger partial charge in [0.2, 0.25) is 0 Å². The second-order valence-electron chi connectivity index (χ2n) is 1.53. The quantitative estimate of drug-likeness (QED) is 0.408. The van der Waals surface area contributed by atoms with Crippen LogP contribution in [-0.4, -0.2) is 23.9 Å². The van der Waals surface area contributed by atoms with E-state index in [1.165, 1.54) is 0 Å². The SMILES string of the molecule is O=[CH][Ge]1=[CH]C=CC=[CH]1.[N]. The molecule has 0 saturated heterocycles. The number of carbonyl (C=O) groups excluding carboxylic acids is 1. The van der Waals surface area contributed by atoms with Crippen LogP contribution in [0.5, 0.6) is 0 Å². The zero-order valence-corrected chi connectivity index (χ0v) is 6.92. The summed E-state index contributed by atoms with van der Waals surface area (Å²) >= 11 is -1.42. The van der Waals surface area contributed by atoms with Crippen LogP contribution in [-0.2, 0) is 4.79 Å². The van der Waals surface area contributed by atoms with Gasteiger partial charge in [-0.2, -0.15) is 0 Å². The van der Waals surface area contributed by atoms with Crippen molar-refractivity contribution in [3.05, 3.63) is 23.1 Å². The molecular formula is C6H6GeNO.